The van der Waals surface area contributed by atoms with Gasteiger partial charge in [0, 0.05) is 6.42 Å². The minimum Gasteiger partial charge on any atom is -0.465 e. The molecule has 0 bridgehead atoms. The van der Waals surface area contributed by atoms with Crippen LogP contribution in [-0.4, -0.2) is 42.1 Å². The number of carbonyl (C=O) groups is 1. The van der Waals surface area contributed by atoms with Crippen LogP contribution in [-0.2, 0) is 9.53 Å². The molecule has 0 heterocycles. The molecule has 2 atom stereocenters. The Morgan fingerprint density at radius 3 is 2.30 bits per heavy atom. The summed E-state index contributed by atoms with van der Waals surface area (Å²) >= 11 is 1.15. The number of ether oxygens (including phenoxy) is 1. The van der Waals surface area contributed by atoms with Crippen LogP contribution in [0.4, 0.5) is 22.0 Å². The summed E-state index contributed by atoms with van der Waals surface area (Å²) in [7, 11) is 0. The smallest absolute Gasteiger partial charge is 0.319 e. The summed E-state index contributed by atoms with van der Waals surface area (Å²) in [5.74, 6) is -4.09. The molecule has 0 aromatic heterocycles. The van der Waals surface area contributed by atoms with Crippen molar-refractivity contribution in [3.8, 4) is 0 Å². The molecule has 0 saturated heterocycles. The minimum absolute atomic E-state index is 0.150. The van der Waals surface area contributed by atoms with Gasteiger partial charge in [-0.2, -0.15) is 0 Å². The van der Waals surface area contributed by atoms with E-state index in [1.165, 1.54) is 0 Å². The van der Waals surface area contributed by atoms with E-state index in [4.69, 9.17) is 4.74 Å². The molecule has 138 valence electrons. The van der Waals surface area contributed by atoms with Crippen molar-refractivity contribution in [2.45, 2.75) is 70.2 Å². The third kappa shape index (κ3) is 9.37. The van der Waals surface area contributed by atoms with Crippen LogP contribution in [0, 0.1) is 5.92 Å². The number of hydrogen-bond donors (Lipinski definition) is 0. The average Bonchev–Trinajstić information content (AvgIpc) is 2.46. The van der Waals surface area contributed by atoms with Gasteiger partial charge in [0.05, 0.1) is 6.61 Å². The molecule has 0 rings (SSSR count). The third-order valence-electron chi connectivity index (χ3n) is 2.97. The van der Waals surface area contributed by atoms with Gasteiger partial charge in [-0.25, -0.2) is 22.0 Å². The Morgan fingerprint density at radius 2 is 1.83 bits per heavy atom. The van der Waals surface area contributed by atoms with Crippen molar-refractivity contribution >= 4 is 17.7 Å². The summed E-state index contributed by atoms with van der Waals surface area (Å²) in [6.07, 6.45) is -7.00. The number of halogens is 5. The lowest BCUT2D eigenvalue weighted by Crippen LogP contribution is -2.35. The molecule has 0 amide bonds. The van der Waals surface area contributed by atoms with Crippen LogP contribution in [0.1, 0.15) is 46.5 Å². The van der Waals surface area contributed by atoms with Crippen LogP contribution in [0.2, 0.25) is 0 Å². The molecule has 0 fully saturated rings. The number of hydrogen-bond acceptors (Lipinski definition) is 3. The van der Waals surface area contributed by atoms with Crippen molar-refractivity contribution in [3.63, 3.8) is 0 Å². The Labute approximate surface area is 138 Å². The van der Waals surface area contributed by atoms with E-state index in [0.29, 0.717) is 6.42 Å². The molecule has 8 heteroatoms. The van der Waals surface area contributed by atoms with Crippen LogP contribution in [0.15, 0.2) is 0 Å². The zero-order valence-electron chi connectivity index (χ0n) is 13.7. The maximum atomic E-state index is 13.2. The van der Waals surface area contributed by atoms with E-state index in [1.807, 2.05) is 20.8 Å². The highest BCUT2D eigenvalue weighted by Crippen LogP contribution is 2.32. The molecular weight excluding hydrogens is 339 g/mol. The molecule has 0 aliphatic rings. The fraction of sp³-hybridized carbons (Fsp3) is 0.933. The van der Waals surface area contributed by atoms with E-state index in [1.54, 1.807) is 0 Å². The number of rotatable bonds is 12. The zero-order chi connectivity index (χ0) is 18.0. The maximum absolute atomic E-state index is 13.2. The number of thioether (sulfide) groups is 1. The Balaban J connectivity index is 4.25. The van der Waals surface area contributed by atoms with Gasteiger partial charge in [-0.15, -0.1) is 11.8 Å². The zero-order valence-corrected chi connectivity index (χ0v) is 14.5. The Hall–Kier alpha value is -0.530. The molecule has 0 spiro atoms. The van der Waals surface area contributed by atoms with Crippen LogP contribution in [0.3, 0.4) is 0 Å². The van der Waals surface area contributed by atoms with Gasteiger partial charge in [0.15, 0.2) is 0 Å². The lowest BCUT2D eigenvalue weighted by Gasteiger charge is -2.20. The van der Waals surface area contributed by atoms with Crippen molar-refractivity contribution in [1.29, 1.82) is 0 Å². The van der Waals surface area contributed by atoms with Gasteiger partial charge in [0.2, 0.25) is 6.17 Å². The predicted octanol–water partition coefficient (Wildman–Crippen LogP) is 5.11. The monoisotopic (exact) mass is 364 g/mol. The van der Waals surface area contributed by atoms with Crippen LogP contribution in [0.5, 0.6) is 0 Å². The second kappa shape index (κ2) is 11.1. The predicted molar refractivity (Wildman–Crippen MR) is 82.0 cm³/mol. The second-order valence-electron chi connectivity index (χ2n) is 5.77. The Kier molecular flexibility index (Phi) is 10.8. The largest absolute Gasteiger partial charge is 0.465 e. The van der Waals surface area contributed by atoms with Crippen molar-refractivity contribution in [2.24, 2.45) is 5.92 Å². The quantitative estimate of drug-likeness (QED) is 0.274. The van der Waals surface area contributed by atoms with E-state index in [9.17, 15) is 26.7 Å². The van der Waals surface area contributed by atoms with Gasteiger partial charge < -0.3 is 4.74 Å². The minimum atomic E-state index is -4.05. The van der Waals surface area contributed by atoms with Gasteiger partial charge in [-0.05, 0) is 24.5 Å². The van der Waals surface area contributed by atoms with Gasteiger partial charge in [0.1, 0.15) is 5.25 Å². The van der Waals surface area contributed by atoms with E-state index in [0.717, 1.165) is 18.2 Å². The first-order valence-corrected chi connectivity index (χ1v) is 8.75. The maximum Gasteiger partial charge on any atom is 0.319 e. The second-order valence-corrected chi connectivity index (χ2v) is 7.08. The third-order valence-corrected chi connectivity index (χ3v) is 4.33. The van der Waals surface area contributed by atoms with Crippen molar-refractivity contribution in [2.75, 3.05) is 12.4 Å². The number of esters is 1. The first-order chi connectivity index (χ1) is 10.6. The standard InChI is InChI=1S/C15H25F5O2S/c1-4-6-11(14(21)22-9-10(2)3)23-8-5-7-15(19,20)12(16)13(17)18/h10-13H,4-9H2,1-3H3. The topological polar surface area (TPSA) is 26.3 Å². The molecule has 0 N–H and O–H groups in total. The van der Waals surface area contributed by atoms with Gasteiger partial charge >= 0.3 is 5.97 Å². The highest BCUT2D eigenvalue weighted by atomic mass is 32.2. The Bertz CT molecular complexity index is 340. The first-order valence-electron chi connectivity index (χ1n) is 7.70. The summed E-state index contributed by atoms with van der Waals surface area (Å²) in [5, 5.41) is -0.469. The van der Waals surface area contributed by atoms with E-state index in [-0.39, 0.29) is 24.7 Å². The summed E-state index contributed by atoms with van der Waals surface area (Å²) in [4.78, 5) is 11.9. The normalized spacial score (nSPS) is 15.0. The molecule has 0 aliphatic heterocycles. The summed E-state index contributed by atoms with van der Waals surface area (Å²) in [5.41, 5.74) is 0. The number of alkyl halides is 5. The summed E-state index contributed by atoms with van der Waals surface area (Å²) < 4.78 is 68.1. The van der Waals surface area contributed by atoms with Gasteiger partial charge in [0.25, 0.3) is 12.3 Å². The van der Waals surface area contributed by atoms with Crippen LogP contribution < -0.4 is 0 Å². The van der Waals surface area contributed by atoms with E-state index in [2.05, 4.69) is 0 Å². The Morgan fingerprint density at radius 1 is 1.22 bits per heavy atom. The molecule has 0 radical (unpaired) electrons. The molecule has 2 nitrogen and oxygen atoms in total. The van der Waals surface area contributed by atoms with Crippen LogP contribution in [0.25, 0.3) is 0 Å². The molecule has 23 heavy (non-hydrogen) atoms. The number of carbonyl (C=O) groups excluding carboxylic acids is 1. The summed E-state index contributed by atoms with van der Waals surface area (Å²) in [6.45, 7) is 5.96. The molecule has 0 aliphatic carbocycles. The fourth-order valence-electron chi connectivity index (χ4n) is 1.73. The van der Waals surface area contributed by atoms with Gasteiger partial charge in [-0.1, -0.05) is 27.2 Å². The highest BCUT2D eigenvalue weighted by molar-refractivity contribution is 8.00. The van der Waals surface area contributed by atoms with E-state index >= 15 is 0 Å². The average molecular weight is 364 g/mol. The molecule has 0 saturated carbocycles. The van der Waals surface area contributed by atoms with Crippen molar-refractivity contribution in [1.82, 2.24) is 0 Å². The van der Waals surface area contributed by atoms with Crippen molar-refractivity contribution in [3.05, 3.63) is 0 Å². The lowest BCUT2D eigenvalue weighted by molar-refractivity contribution is -0.144. The highest BCUT2D eigenvalue weighted by Gasteiger charge is 2.45. The molecule has 2 unspecified atom stereocenters. The molecule has 0 aromatic rings. The first kappa shape index (κ1) is 22.5. The van der Waals surface area contributed by atoms with Gasteiger partial charge in [-0.3, -0.25) is 4.79 Å². The SMILES string of the molecule is CCCC(SCCCC(F)(F)C(F)C(F)F)C(=O)OCC(C)C. The fourth-order valence-corrected chi connectivity index (χ4v) is 2.93. The lowest BCUT2D eigenvalue weighted by atomic mass is 10.1. The molecule has 0 aromatic carbocycles. The molecular formula is C15H25F5O2S. The van der Waals surface area contributed by atoms with E-state index < -0.39 is 36.2 Å². The van der Waals surface area contributed by atoms with Crippen LogP contribution >= 0.6 is 11.8 Å². The summed E-state index contributed by atoms with van der Waals surface area (Å²) in [6, 6.07) is 0. The van der Waals surface area contributed by atoms with Crippen molar-refractivity contribution < 1.29 is 31.5 Å².